The standard InChI is InChI=1S/C22H25N5O3/c1-26-24-21(23-25-26)17-5-7-18(8-6-17)22(28)27-11-10-16(14-27)12-15-4-9-19(29-2)20(13-15)30-3/h4-9,13,16H,10-12,14H2,1-3H3. The second kappa shape index (κ2) is 8.52. The predicted molar refractivity (Wildman–Crippen MR) is 111 cm³/mol. The molecule has 1 aliphatic rings. The monoisotopic (exact) mass is 407 g/mol. The molecule has 156 valence electrons. The lowest BCUT2D eigenvalue weighted by Crippen LogP contribution is -2.28. The van der Waals surface area contributed by atoms with Crippen molar-refractivity contribution in [2.24, 2.45) is 13.0 Å². The second-order valence-electron chi connectivity index (χ2n) is 7.48. The highest BCUT2D eigenvalue weighted by Crippen LogP contribution is 2.30. The van der Waals surface area contributed by atoms with Gasteiger partial charge in [0.15, 0.2) is 11.5 Å². The fourth-order valence-corrected chi connectivity index (χ4v) is 3.87. The van der Waals surface area contributed by atoms with Crippen LogP contribution in [0.5, 0.6) is 11.5 Å². The van der Waals surface area contributed by atoms with E-state index in [1.54, 1.807) is 21.3 Å². The highest BCUT2D eigenvalue weighted by Gasteiger charge is 2.27. The van der Waals surface area contributed by atoms with Gasteiger partial charge in [-0.2, -0.15) is 4.80 Å². The molecule has 1 atom stereocenters. The molecule has 2 heterocycles. The molecule has 1 amide bonds. The van der Waals surface area contributed by atoms with E-state index in [0.717, 1.165) is 43.0 Å². The number of carbonyl (C=O) groups is 1. The number of nitrogens with zero attached hydrogens (tertiary/aromatic N) is 5. The van der Waals surface area contributed by atoms with Gasteiger partial charge in [-0.1, -0.05) is 18.2 Å². The maximum absolute atomic E-state index is 12.9. The lowest BCUT2D eigenvalue weighted by Gasteiger charge is -2.17. The zero-order valence-corrected chi connectivity index (χ0v) is 17.4. The average Bonchev–Trinajstić information content (AvgIpc) is 3.42. The second-order valence-corrected chi connectivity index (χ2v) is 7.48. The van der Waals surface area contributed by atoms with Crippen molar-refractivity contribution in [1.29, 1.82) is 0 Å². The van der Waals surface area contributed by atoms with Crippen molar-refractivity contribution in [3.63, 3.8) is 0 Å². The van der Waals surface area contributed by atoms with Crippen LogP contribution < -0.4 is 9.47 Å². The molecule has 1 fully saturated rings. The third kappa shape index (κ3) is 4.12. The van der Waals surface area contributed by atoms with E-state index < -0.39 is 0 Å². The van der Waals surface area contributed by atoms with Crippen LogP contribution in [0.3, 0.4) is 0 Å². The van der Waals surface area contributed by atoms with Crippen molar-refractivity contribution in [1.82, 2.24) is 25.1 Å². The van der Waals surface area contributed by atoms with E-state index in [0.29, 0.717) is 17.3 Å². The fraction of sp³-hybridized carbons (Fsp3) is 0.364. The van der Waals surface area contributed by atoms with Crippen LogP contribution in [0.15, 0.2) is 42.5 Å². The SMILES string of the molecule is COc1ccc(CC2CCN(C(=O)c3ccc(-c4nnn(C)n4)cc3)C2)cc1OC. The van der Waals surface area contributed by atoms with Crippen LogP contribution in [0.1, 0.15) is 22.3 Å². The largest absolute Gasteiger partial charge is 0.493 e. The highest BCUT2D eigenvalue weighted by atomic mass is 16.5. The van der Waals surface area contributed by atoms with Gasteiger partial charge in [-0.3, -0.25) is 4.79 Å². The van der Waals surface area contributed by atoms with Gasteiger partial charge < -0.3 is 14.4 Å². The van der Waals surface area contributed by atoms with E-state index in [1.165, 1.54) is 10.4 Å². The minimum absolute atomic E-state index is 0.0588. The smallest absolute Gasteiger partial charge is 0.253 e. The third-order valence-electron chi connectivity index (χ3n) is 5.44. The number of hydrogen-bond acceptors (Lipinski definition) is 6. The Morgan fingerprint density at radius 1 is 1.10 bits per heavy atom. The molecule has 1 unspecified atom stereocenters. The molecule has 8 nitrogen and oxygen atoms in total. The normalized spacial score (nSPS) is 16.0. The Hall–Kier alpha value is -3.42. The molecule has 0 bridgehead atoms. The summed E-state index contributed by atoms with van der Waals surface area (Å²) in [5, 5.41) is 12.0. The number of aryl methyl sites for hydroxylation is 1. The first-order chi connectivity index (χ1) is 14.6. The first-order valence-electron chi connectivity index (χ1n) is 9.92. The lowest BCUT2D eigenvalue weighted by molar-refractivity contribution is 0.0787. The topological polar surface area (TPSA) is 82.4 Å². The van der Waals surface area contributed by atoms with Gasteiger partial charge in [-0.05, 0) is 53.8 Å². The van der Waals surface area contributed by atoms with E-state index in [4.69, 9.17) is 9.47 Å². The minimum atomic E-state index is 0.0588. The summed E-state index contributed by atoms with van der Waals surface area (Å²) in [6, 6.07) is 13.4. The van der Waals surface area contributed by atoms with Crippen LogP contribution in [0.4, 0.5) is 0 Å². The Labute approximate surface area is 175 Å². The van der Waals surface area contributed by atoms with E-state index in [9.17, 15) is 4.79 Å². The first-order valence-corrected chi connectivity index (χ1v) is 9.92. The van der Waals surface area contributed by atoms with Gasteiger partial charge in [0, 0.05) is 24.2 Å². The molecule has 30 heavy (non-hydrogen) atoms. The molecule has 0 saturated carbocycles. The van der Waals surface area contributed by atoms with Crippen molar-refractivity contribution in [2.75, 3.05) is 27.3 Å². The zero-order chi connectivity index (χ0) is 21.1. The van der Waals surface area contributed by atoms with E-state index in [1.807, 2.05) is 41.3 Å². The number of aromatic nitrogens is 4. The van der Waals surface area contributed by atoms with Crippen molar-refractivity contribution in [3.8, 4) is 22.9 Å². The molecule has 0 radical (unpaired) electrons. The minimum Gasteiger partial charge on any atom is -0.493 e. The summed E-state index contributed by atoms with van der Waals surface area (Å²) in [5.41, 5.74) is 2.70. The van der Waals surface area contributed by atoms with Crippen LogP contribution in [0.25, 0.3) is 11.4 Å². The molecule has 0 aliphatic carbocycles. The highest BCUT2D eigenvalue weighted by molar-refractivity contribution is 5.94. The average molecular weight is 407 g/mol. The molecule has 3 aromatic rings. The maximum Gasteiger partial charge on any atom is 0.253 e. The molecule has 0 spiro atoms. The third-order valence-corrected chi connectivity index (χ3v) is 5.44. The number of rotatable bonds is 6. The Kier molecular flexibility index (Phi) is 5.65. The Morgan fingerprint density at radius 2 is 1.87 bits per heavy atom. The number of ether oxygens (including phenoxy) is 2. The number of likely N-dealkylation sites (tertiary alicyclic amines) is 1. The number of tetrazole rings is 1. The maximum atomic E-state index is 12.9. The van der Waals surface area contributed by atoms with E-state index in [2.05, 4.69) is 21.5 Å². The lowest BCUT2D eigenvalue weighted by atomic mass is 9.98. The predicted octanol–water partition coefficient (Wildman–Crippen LogP) is 2.60. The number of hydrogen-bond donors (Lipinski definition) is 0. The first kappa shape index (κ1) is 19.9. The molecule has 1 aromatic heterocycles. The van der Waals surface area contributed by atoms with Crippen molar-refractivity contribution >= 4 is 5.91 Å². The number of methoxy groups -OCH3 is 2. The summed E-state index contributed by atoms with van der Waals surface area (Å²) < 4.78 is 10.7. The van der Waals surface area contributed by atoms with Crippen LogP contribution in [-0.2, 0) is 13.5 Å². The zero-order valence-electron chi connectivity index (χ0n) is 17.4. The van der Waals surface area contributed by atoms with E-state index >= 15 is 0 Å². The number of amides is 1. The van der Waals surface area contributed by atoms with Crippen LogP contribution in [-0.4, -0.2) is 58.3 Å². The van der Waals surface area contributed by atoms with Crippen molar-refractivity contribution in [2.45, 2.75) is 12.8 Å². The van der Waals surface area contributed by atoms with Gasteiger partial charge >= 0.3 is 0 Å². The van der Waals surface area contributed by atoms with E-state index in [-0.39, 0.29) is 5.91 Å². The van der Waals surface area contributed by atoms with Gasteiger partial charge in [0.25, 0.3) is 5.91 Å². The van der Waals surface area contributed by atoms with Gasteiger partial charge in [0.1, 0.15) is 0 Å². The molecule has 2 aromatic carbocycles. The van der Waals surface area contributed by atoms with Crippen molar-refractivity contribution < 1.29 is 14.3 Å². The van der Waals surface area contributed by atoms with Crippen LogP contribution in [0.2, 0.25) is 0 Å². The van der Waals surface area contributed by atoms with Crippen LogP contribution >= 0.6 is 0 Å². The Morgan fingerprint density at radius 3 is 2.53 bits per heavy atom. The molecular formula is C22H25N5O3. The molecule has 1 saturated heterocycles. The van der Waals surface area contributed by atoms with Crippen molar-refractivity contribution in [3.05, 3.63) is 53.6 Å². The summed E-state index contributed by atoms with van der Waals surface area (Å²) in [4.78, 5) is 16.3. The summed E-state index contributed by atoms with van der Waals surface area (Å²) in [6.07, 6.45) is 1.89. The van der Waals surface area contributed by atoms with Gasteiger partial charge in [-0.15, -0.1) is 10.2 Å². The summed E-state index contributed by atoms with van der Waals surface area (Å²) in [6.45, 7) is 1.52. The summed E-state index contributed by atoms with van der Waals surface area (Å²) >= 11 is 0. The quantitative estimate of drug-likeness (QED) is 0.625. The molecule has 1 aliphatic heterocycles. The Balaban J connectivity index is 1.38. The number of carbonyl (C=O) groups excluding carboxylic acids is 1. The molecular weight excluding hydrogens is 382 g/mol. The molecule has 4 rings (SSSR count). The molecule has 8 heteroatoms. The van der Waals surface area contributed by atoms with Crippen LogP contribution in [0, 0.1) is 5.92 Å². The summed E-state index contributed by atoms with van der Waals surface area (Å²) in [5.74, 6) is 2.49. The van der Waals surface area contributed by atoms with Gasteiger partial charge in [0.05, 0.1) is 21.3 Å². The molecule has 0 N–H and O–H groups in total. The number of benzene rings is 2. The van der Waals surface area contributed by atoms with Gasteiger partial charge in [0.2, 0.25) is 5.82 Å². The Bertz CT molecular complexity index is 1030. The summed E-state index contributed by atoms with van der Waals surface area (Å²) in [7, 11) is 5.00. The van der Waals surface area contributed by atoms with Gasteiger partial charge in [-0.25, -0.2) is 0 Å². The fourth-order valence-electron chi connectivity index (χ4n) is 3.87.